The number of hydrogen-bond acceptors (Lipinski definition) is 4. The Morgan fingerprint density at radius 1 is 1.62 bits per heavy atom. The fraction of sp³-hybridized carbons (Fsp3) is 0.889. The molecule has 0 aromatic heterocycles. The number of ether oxygens (including phenoxy) is 2. The third kappa shape index (κ3) is 3.97. The molecule has 7 heteroatoms. The molecule has 1 heterocycles. The number of carbonyl (C=O) groups is 1. The molecule has 0 radical (unpaired) electrons. The highest BCUT2D eigenvalue weighted by Gasteiger charge is 2.36. The third-order valence-electron chi connectivity index (χ3n) is 2.41. The average Bonchev–Trinajstić information content (AvgIpc) is 2.69. The predicted octanol–water partition coefficient (Wildman–Crippen LogP) is 0.716. The number of alkyl halides is 3. The van der Waals surface area contributed by atoms with Crippen LogP contribution in [-0.2, 0) is 14.3 Å². The zero-order chi connectivity index (χ0) is 12.2. The summed E-state index contributed by atoms with van der Waals surface area (Å²) in [5.41, 5.74) is 0. The molecule has 0 bridgehead atoms. The van der Waals surface area contributed by atoms with Crippen molar-refractivity contribution in [2.24, 2.45) is 5.92 Å². The lowest BCUT2D eigenvalue weighted by atomic mass is 9.99. The number of rotatable bonds is 4. The van der Waals surface area contributed by atoms with E-state index in [0.29, 0.717) is 13.0 Å². The lowest BCUT2D eigenvalue weighted by molar-refractivity contribution is -0.148. The van der Waals surface area contributed by atoms with E-state index in [0.717, 1.165) is 7.11 Å². The molecule has 0 amide bonds. The number of esters is 1. The van der Waals surface area contributed by atoms with Crippen LogP contribution in [0.4, 0.5) is 13.2 Å². The lowest BCUT2D eigenvalue weighted by Gasteiger charge is -2.21. The van der Waals surface area contributed by atoms with Gasteiger partial charge in [0.1, 0.15) is 6.04 Å². The molecular formula is C9H14F3NO3. The van der Waals surface area contributed by atoms with E-state index in [2.05, 4.69) is 10.1 Å². The van der Waals surface area contributed by atoms with Crippen LogP contribution in [0.2, 0.25) is 0 Å². The first kappa shape index (κ1) is 13.2. The van der Waals surface area contributed by atoms with Gasteiger partial charge in [0.15, 0.2) is 0 Å². The second-order valence-corrected chi connectivity index (χ2v) is 3.62. The van der Waals surface area contributed by atoms with Crippen LogP contribution in [0, 0.1) is 5.92 Å². The maximum Gasteiger partial charge on any atom is 0.401 e. The van der Waals surface area contributed by atoms with E-state index in [-0.39, 0.29) is 12.5 Å². The fourth-order valence-electron chi connectivity index (χ4n) is 1.61. The molecule has 2 unspecified atom stereocenters. The minimum atomic E-state index is -4.34. The Morgan fingerprint density at radius 2 is 2.31 bits per heavy atom. The van der Waals surface area contributed by atoms with Crippen LogP contribution in [0.3, 0.4) is 0 Å². The normalized spacial score (nSPS) is 23.1. The minimum absolute atomic E-state index is 0.255. The Morgan fingerprint density at radius 3 is 2.75 bits per heavy atom. The molecule has 2 atom stereocenters. The van der Waals surface area contributed by atoms with E-state index in [1.165, 1.54) is 0 Å². The van der Waals surface area contributed by atoms with Gasteiger partial charge in [-0.25, -0.2) is 0 Å². The Bertz CT molecular complexity index is 239. The lowest BCUT2D eigenvalue weighted by Crippen LogP contribution is -2.47. The molecule has 0 aliphatic carbocycles. The van der Waals surface area contributed by atoms with Crippen molar-refractivity contribution in [3.05, 3.63) is 0 Å². The first-order valence-corrected chi connectivity index (χ1v) is 4.90. The molecule has 0 aromatic carbocycles. The van der Waals surface area contributed by atoms with E-state index >= 15 is 0 Å². The van der Waals surface area contributed by atoms with Crippen LogP contribution in [0.25, 0.3) is 0 Å². The predicted molar refractivity (Wildman–Crippen MR) is 48.8 cm³/mol. The number of hydrogen-bond donors (Lipinski definition) is 1. The minimum Gasteiger partial charge on any atom is -0.468 e. The summed E-state index contributed by atoms with van der Waals surface area (Å²) in [6, 6.07) is -0.950. The van der Waals surface area contributed by atoms with Gasteiger partial charge in [-0.05, 0) is 6.42 Å². The second kappa shape index (κ2) is 5.49. The highest BCUT2D eigenvalue weighted by molar-refractivity contribution is 5.76. The maximum atomic E-state index is 12.0. The van der Waals surface area contributed by atoms with Gasteiger partial charge in [-0.1, -0.05) is 0 Å². The largest absolute Gasteiger partial charge is 0.468 e. The number of carbonyl (C=O) groups excluding carboxylic acids is 1. The van der Waals surface area contributed by atoms with Crippen molar-refractivity contribution < 1.29 is 27.4 Å². The number of methoxy groups -OCH3 is 1. The van der Waals surface area contributed by atoms with Gasteiger partial charge in [-0.15, -0.1) is 0 Å². The summed E-state index contributed by atoms with van der Waals surface area (Å²) in [6.07, 6.45) is -3.78. The van der Waals surface area contributed by atoms with E-state index in [1.807, 2.05) is 0 Å². The first-order chi connectivity index (χ1) is 7.44. The van der Waals surface area contributed by atoms with Crippen molar-refractivity contribution in [1.29, 1.82) is 0 Å². The summed E-state index contributed by atoms with van der Waals surface area (Å²) in [7, 11) is 1.15. The Labute approximate surface area is 91.1 Å². The molecule has 1 rings (SSSR count). The summed E-state index contributed by atoms with van der Waals surface area (Å²) in [4.78, 5) is 11.3. The molecule has 4 nitrogen and oxygen atoms in total. The summed E-state index contributed by atoms with van der Waals surface area (Å²) in [6.45, 7) is -0.459. The van der Waals surface area contributed by atoms with Crippen molar-refractivity contribution in [1.82, 2.24) is 5.32 Å². The molecule has 16 heavy (non-hydrogen) atoms. The SMILES string of the molecule is COC(=O)C(NCC(F)(F)F)C1CCOC1. The molecule has 0 saturated carbocycles. The highest BCUT2D eigenvalue weighted by atomic mass is 19.4. The molecule has 1 N–H and O–H groups in total. The van der Waals surface area contributed by atoms with Gasteiger partial charge in [0.2, 0.25) is 0 Å². The zero-order valence-electron chi connectivity index (χ0n) is 8.84. The molecule has 94 valence electrons. The Kier molecular flexibility index (Phi) is 4.55. The van der Waals surface area contributed by atoms with E-state index in [4.69, 9.17) is 4.74 Å². The molecule has 0 spiro atoms. The topological polar surface area (TPSA) is 47.6 Å². The average molecular weight is 241 g/mol. The van der Waals surface area contributed by atoms with Crippen LogP contribution < -0.4 is 5.32 Å². The van der Waals surface area contributed by atoms with Crippen molar-refractivity contribution in [2.45, 2.75) is 18.6 Å². The molecule has 1 aliphatic rings. The molecule has 1 aliphatic heterocycles. The van der Waals surface area contributed by atoms with Gasteiger partial charge in [0.25, 0.3) is 0 Å². The number of halogens is 3. The van der Waals surface area contributed by atoms with E-state index in [1.54, 1.807) is 0 Å². The van der Waals surface area contributed by atoms with Gasteiger partial charge >= 0.3 is 12.1 Å². The summed E-state index contributed by atoms with van der Waals surface area (Å²) < 4.78 is 45.6. The van der Waals surface area contributed by atoms with Crippen molar-refractivity contribution in [3.63, 3.8) is 0 Å². The fourth-order valence-corrected chi connectivity index (χ4v) is 1.61. The molecule has 1 fully saturated rings. The summed E-state index contributed by atoms with van der Waals surface area (Å²) in [5, 5.41) is 2.17. The number of nitrogens with one attached hydrogen (secondary N) is 1. The Hall–Kier alpha value is -0.820. The highest BCUT2D eigenvalue weighted by Crippen LogP contribution is 2.19. The molecular weight excluding hydrogens is 227 g/mol. The van der Waals surface area contributed by atoms with Gasteiger partial charge in [-0.3, -0.25) is 10.1 Å². The van der Waals surface area contributed by atoms with Crippen LogP contribution in [0.1, 0.15) is 6.42 Å². The van der Waals surface area contributed by atoms with Gasteiger partial charge < -0.3 is 9.47 Å². The first-order valence-electron chi connectivity index (χ1n) is 4.90. The smallest absolute Gasteiger partial charge is 0.401 e. The molecule has 1 saturated heterocycles. The summed E-state index contributed by atoms with van der Waals surface area (Å²) >= 11 is 0. The van der Waals surface area contributed by atoms with Crippen LogP contribution in [0.5, 0.6) is 0 Å². The monoisotopic (exact) mass is 241 g/mol. The summed E-state index contributed by atoms with van der Waals surface area (Å²) in [5.74, 6) is -0.936. The quantitative estimate of drug-likeness (QED) is 0.737. The van der Waals surface area contributed by atoms with Crippen molar-refractivity contribution in [2.75, 3.05) is 26.9 Å². The molecule has 0 aromatic rings. The van der Waals surface area contributed by atoms with Gasteiger partial charge in [-0.2, -0.15) is 13.2 Å². The standard InChI is InChI=1S/C9H14F3NO3/c1-15-8(14)7(6-2-3-16-4-6)13-5-9(10,11)12/h6-7,13H,2-5H2,1H3. The van der Waals surface area contributed by atoms with Gasteiger partial charge in [0.05, 0.1) is 20.3 Å². The van der Waals surface area contributed by atoms with E-state index < -0.39 is 24.7 Å². The maximum absolute atomic E-state index is 12.0. The van der Waals surface area contributed by atoms with Crippen molar-refractivity contribution >= 4 is 5.97 Å². The van der Waals surface area contributed by atoms with Crippen LogP contribution >= 0.6 is 0 Å². The second-order valence-electron chi connectivity index (χ2n) is 3.62. The Balaban J connectivity index is 2.53. The zero-order valence-corrected chi connectivity index (χ0v) is 8.84. The van der Waals surface area contributed by atoms with E-state index in [9.17, 15) is 18.0 Å². The van der Waals surface area contributed by atoms with Crippen LogP contribution in [0.15, 0.2) is 0 Å². The van der Waals surface area contributed by atoms with Crippen molar-refractivity contribution in [3.8, 4) is 0 Å². The van der Waals surface area contributed by atoms with Crippen LogP contribution in [-0.4, -0.2) is 45.1 Å². The van der Waals surface area contributed by atoms with Gasteiger partial charge in [0, 0.05) is 12.5 Å². The third-order valence-corrected chi connectivity index (χ3v) is 2.41.